The van der Waals surface area contributed by atoms with E-state index in [1.807, 2.05) is 0 Å². The van der Waals surface area contributed by atoms with E-state index in [2.05, 4.69) is 31.0 Å². The van der Waals surface area contributed by atoms with Crippen molar-refractivity contribution in [2.75, 3.05) is 26.2 Å². The van der Waals surface area contributed by atoms with Crippen LogP contribution in [-0.4, -0.2) is 48.8 Å². The highest BCUT2D eigenvalue weighted by Crippen LogP contribution is 2.42. The lowest BCUT2D eigenvalue weighted by atomic mass is 9.86. The van der Waals surface area contributed by atoms with Crippen LogP contribution in [0.3, 0.4) is 0 Å². The molecule has 3 rings (SSSR count). The summed E-state index contributed by atoms with van der Waals surface area (Å²) in [6, 6.07) is 0.687. The van der Waals surface area contributed by atoms with Crippen molar-refractivity contribution in [2.45, 2.75) is 77.0 Å². The molecule has 0 aromatic rings. The van der Waals surface area contributed by atoms with Crippen molar-refractivity contribution < 1.29 is 4.74 Å². The molecule has 0 radical (unpaired) electrons. The lowest BCUT2D eigenvalue weighted by Crippen LogP contribution is -2.66. The summed E-state index contributed by atoms with van der Waals surface area (Å²) >= 11 is 0. The minimum Gasteiger partial charge on any atom is -0.377 e. The molecule has 21 heavy (non-hydrogen) atoms. The Kier molecular flexibility index (Phi) is 4.92. The Morgan fingerprint density at radius 3 is 2.71 bits per heavy atom. The molecule has 3 heteroatoms. The molecular weight excluding hydrogens is 260 g/mol. The third-order valence-electron chi connectivity index (χ3n) is 6.21. The van der Waals surface area contributed by atoms with Crippen LogP contribution in [0.5, 0.6) is 0 Å². The molecule has 122 valence electrons. The number of ether oxygens (including phenoxy) is 1. The Labute approximate surface area is 130 Å². The zero-order valence-corrected chi connectivity index (χ0v) is 14.2. The standard InChI is InChI=1S/C18H34N2O/c1-4-14(2)17-11-19-18(3,15-8-9-15)13-20(17)12-16-7-5-6-10-21-16/h14-17,19H,4-13H2,1-3H3. The van der Waals surface area contributed by atoms with Crippen LogP contribution in [0.1, 0.15) is 59.3 Å². The summed E-state index contributed by atoms with van der Waals surface area (Å²) in [4.78, 5) is 2.78. The molecule has 3 fully saturated rings. The van der Waals surface area contributed by atoms with E-state index in [9.17, 15) is 0 Å². The van der Waals surface area contributed by atoms with E-state index in [0.717, 1.165) is 31.5 Å². The third kappa shape index (κ3) is 3.62. The van der Waals surface area contributed by atoms with E-state index in [1.165, 1.54) is 45.1 Å². The van der Waals surface area contributed by atoms with Crippen LogP contribution >= 0.6 is 0 Å². The Balaban J connectivity index is 1.66. The van der Waals surface area contributed by atoms with Gasteiger partial charge in [0, 0.05) is 37.8 Å². The Bertz CT molecular complexity index is 338. The van der Waals surface area contributed by atoms with Gasteiger partial charge in [0.25, 0.3) is 0 Å². The van der Waals surface area contributed by atoms with Crippen LogP contribution in [0.4, 0.5) is 0 Å². The molecule has 1 N–H and O–H groups in total. The second-order valence-corrected chi connectivity index (χ2v) is 7.94. The van der Waals surface area contributed by atoms with Crippen LogP contribution in [-0.2, 0) is 4.74 Å². The van der Waals surface area contributed by atoms with Gasteiger partial charge in [-0.2, -0.15) is 0 Å². The molecule has 2 saturated heterocycles. The van der Waals surface area contributed by atoms with Crippen molar-refractivity contribution >= 4 is 0 Å². The lowest BCUT2D eigenvalue weighted by Gasteiger charge is -2.49. The second-order valence-electron chi connectivity index (χ2n) is 7.94. The molecule has 1 aliphatic carbocycles. The van der Waals surface area contributed by atoms with Crippen molar-refractivity contribution in [3.8, 4) is 0 Å². The molecule has 4 unspecified atom stereocenters. The largest absolute Gasteiger partial charge is 0.377 e. The predicted molar refractivity (Wildman–Crippen MR) is 87.5 cm³/mol. The second kappa shape index (κ2) is 6.55. The first-order chi connectivity index (χ1) is 10.1. The molecular formula is C18H34N2O. The molecule has 0 amide bonds. The van der Waals surface area contributed by atoms with E-state index in [4.69, 9.17) is 4.74 Å². The number of nitrogens with one attached hydrogen (secondary N) is 1. The highest BCUT2D eigenvalue weighted by atomic mass is 16.5. The van der Waals surface area contributed by atoms with Gasteiger partial charge in [-0.1, -0.05) is 20.3 Å². The number of nitrogens with zero attached hydrogens (tertiary/aromatic N) is 1. The molecule has 2 heterocycles. The topological polar surface area (TPSA) is 24.5 Å². The van der Waals surface area contributed by atoms with Gasteiger partial charge in [-0.05, 0) is 50.9 Å². The van der Waals surface area contributed by atoms with Gasteiger partial charge in [0.05, 0.1) is 6.10 Å². The maximum atomic E-state index is 6.02. The summed E-state index contributed by atoms with van der Waals surface area (Å²) < 4.78 is 6.02. The first-order valence-corrected chi connectivity index (χ1v) is 9.23. The number of rotatable bonds is 5. The van der Waals surface area contributed by atoms with Crippen LogP contribution < -0.4 is 5.32 Å². The minimum absolute atomic E-state index is 0.346. The van der Waals surface area contributed by atoms with Crippen LogP contribution in [0.15, 0.2) is 0 Å². The summed E-state index contributed by atoms with van der Waals surface area (Å²) in [5.74, 6) is 1.68. The fraction of sp³-hybridized carbons (Fsp3) is 1.00. The van der Waals surface area contributed by atoms with E-state index >= 15 is 0 Å². The minimum atomic E-state index is 0.346. The van der Waals surface area contributed by atoms with Crippen molar-refractivity contribution in [1.29, 1.82) is 0 Å². The number of hydrogen-bond acceptors (Lipinski definition) is 3. The molecule has 0 spiro atoms. The molecule has 3 nitrogen and oxygen atoms in total. The van der Waals surface area contributed by atoms with E-state index < -0.39 is 0 Å². The van der Waals surface area contributed by atoms with Crippen molar-refractivity contribution in [1.82, 2.24) is 10.2 Å². The summed E-state index contributed by atoms with van der Waals surface area (Å²) in [6.45, 7) is 11.7. The normalized spacial score (nSPS) is 40.1. The van der Waals surface area contributed by atoms with Gasteiger partial charge < -0.3 is 10.1 Å². The highest BCUT2D eigenvalue weighted by molar-refractivity contribution is 5.05. The van der Waals surface area contributed by atoms with Crippen molar-refractivity contribution in [3.05, 3.63) is 0 Å². The van der Waals surface area contributed by atoms with Gasteiger partial charge in [-0.3, -0.25) is 4.90 Å². The molecule has 0 bridgehead atoms. The average molecular weight is 294 g/mol. The maximum absolute atomic E-state index is 6.02. The Morgan fingerprint density at radius 2 is 2.10 bits per heavy atom. The monoisotopic (exact) mass is 294 g/mol. The Hall–Kier alpha value is -0.120. The summed E-state index contributed by atoms with van der Waals surface area (Å²) in [7, 11) is 0. The molecule has 2 aliphatic heterocycles. The van der Waals surface area contributed by atoms with Crippen LogP contribution in [0.2, 0.25) is 0 Å². The molecule has 0 aromatic heterocycles. The zero-order valence-electron chi connectivity index (χ0n) is 14.2. The van der Waals surface area contributed by atoms with Gasteiger partial charge in [-0.25, -0.2) is 0 Å². The van der Waals surface area contributed by atoms with E-state index in [-0.39, 0.29) is 0 Å². The summed E-state index contributed by atoms with van der Waals surface area (Å²) in [6.07, 6.45) is 8.46. The molecule has 4 atom stereocenters. The quantitative estimate of drug-likeness (QED) is 0.843. The number of piperazine rings is 1. The average Bonchev–Trinajstić information content (AvgIpc) is 3.33. The predicted octanol–water partition coefficient (Wildman–Crippen LogP) is 3.04. The maximum Gasteiger partial charge on any atom is 0.0702 e. The smallest absolute Gasteiger partial charge is 0.0702 e. The van der Waals surface area contributed by atoms with Crippen LogP contribution in [0.25, 0.3) is 0 Å². The molecule has 1 saturated carbocycles. The Morgan fingerprint density at radius 1 is 1.29 bits per heavy atom. The summed E-state index contributed by atoms with van der Waals surface area (Å²) in [5.41, 5.74) is 0.346. The van der Waals surface area contributed by atoms with Gasteiger partial charge in [-0.15, -0.1) is 0 Å². The lowest BCUT2D eigenvalue weighted by molar-refractivity contribution is -0.0384. The first kappa shape index (κ1) is 15.8. The zero-order chi connectivity index (χ0) is 14.9. The first-order valence-electron chi connectivity index (χ1n) is 9.23. The molecule has 0 aromatic carbocycles. The van der Waals surface area contributed by atoms with Gasteiger partial charge in [0.15, 0.2) is 0 Å². The third-order valence-corrected chi connectivity index (χ3v) is 6.21. The fourth-order valence-corrected chi connectivity index (χ4v) is 4.30. The molecule has 3 aliphatic rings. The SMILES string of the molecule is CCC(C)C1CNC(C)(C2CC2)CN1CC1CCCCO1. The van der Waals surface area contributed by atoms with E-state index in [1.54, 1.807) is 0 Å². The van der Waals surface area contributed by atoms with Gasteiger partial charge in [0.2, 0.25) is 0 Å². The fourth-order valence-electron chi connectivity index (χ4n) is 4.30. The number of hydrogen-bond donors (Lipinski definition) is 1. The van der Waals surface area contributed by atoms with Crippen LogP contribution in [0, 0.1) is 11.8 Å². The van der Waals surface area contributed by atoms with Crippen molar-refractivity contribution in [2.24, 2.45) is 11.8 Å². The van der Waals surface area contributed by atoms with Gasteiger partial charge >= 0.3 is 0 Å². The highest BCUT2D eigenvalue weighted by Gasteiger charge is 2.46. The van der Waals surface area contributed by atoms with Crippen molar-refractivity contribution in [3.63, 3.8) is 0 Å². The van der Waals surface area contributed by atoms with Gasteiger partial charge in [0.1, 0.15) is 0 Å². The van der Waals surface area contributed by atoms with E-state index in [0.29, 0.717) is 17.7 Å². The summed E-state index contributed by atoms with van der Waals surface area (Å²) in [5, 5.41) is 3.91.